The fraction of sp³-hybridized carbons (Fsp3) is 0.111. The monoisotopic (exact) mass is 370 g/mol. The molecular weight excluding hydrogens is 352 g/mol. The molecule has 0 aliphatic rings. The number of rotatable bonds is 6. The summed E-state index contributed by atoms with van der Waals surface area (Å²) in [6.07, 6.45) is 1.49. The number of H-pyrrole nitrogens is 1. The Labute approximate surface area is 151 Å². The highest BCUT2D eigenvalue weighted by Gasteiger charge is 2.18. The third-order valence-corrected chi connectivity index (χ3v) is 5.16. The maximum absolute atomic E-state index is 12.3. The number of hydrogen-bond acceptors (Lipinski definition) is 4. The lowest BCUT2D eigenvalue weighted by molar-refractivity contribution is -0.116. The normalized spacial score (nSPS) is 12.1. The van der Waals surface area contributed by atoms with E-state index in [0.717, 1.165) is 26.3 Å². The zero-order chi connectivity index (χ0) is 18.6. The standard InChI is InChI=1S/C18H18N4O3S/c1-22(26(24,25)12-11-14-7-3-2-4-8-14)13-17(23)21-18-19-15-9-5-6-10-16(15)20-18/h2-12H,13H2,1H3,(H2,19,20,21,23)/b12-11+. The second kappa shape index (κ2) is 7.51. The summed E-state index contributed by atoms with van der Waals surface area (Å²) in [5.74, 6) is -0.204. The summed E-state index contributed by atoms with van der Waals surface area (Å²) >= 11 is 0. The Kier molecular flexibility index (Phi) is 5.15. The molecule has 2 N–H and O–H groups in total. The van der Waals surface area contributed by atoms with Gasteiger partial charge < -0.3 is 4.98 Å². The molecule has 0 fully saturated rings. The van der Waals surface area contributed by atoms with Crippen LogP contribution in [-0.2, 0) is 14.8 Å². The van der Waals surface area contributed by atoms with E-state index in [0.29, 0.717) is 0 Å². The number of carbonyl (C=O) groups excluding carboxylic acids is 1. The van der Waals surface area contributed by atoms with Crippen LogP contribution in [0.4, 0.5) is 5.95 Å². The van der Waals surface area contributed by atoms with E-state index in [9.17, 15) is 13.2 Å². The van der Waals surface area contributed by atoms with Crippen molar-refractivity contribution in [3.63, 3.8) is 0 Å². The summed E-state index contributed by atoms with van der Waals surface area (Å²) in [5, 5.41) is 3.65. The minimum absolute atomic E-state index is 0.279. The third kappa shape index (κ3) is 4.35. The van der Waals surface area contributed by atoms with Gasteiger partial charge in [0.2, 0.25) is 21.9 Å². The predicted octanol–water partition coefficient (Wildman–Crippen LogP) is 2.43. The van der Waals surface area contributed by atoms with Crippen molar-refractivity contribution < 1.29 is 13.2 Å². The smallest absolute Gasteiger partial charge is 0.242 e. The van der Waals surface area contributed by atoms with Gasteiger partial charge in [-0.3, -0.25) is 10.1 Å². The fourth-order valence-corrected chi connectivity index (χ4v) is 3.14. The summed E-state index contributed by atoms with van der Waals surface area (Å²) in [6, 6.07) is 16.4. The van der Waals surface area contributed by atoms with E-state index in [-0.39, 0.29) is 12.5 Å². The average molecular weight is 370 g/mol. The van der Waals surface area contributed by atoms with Crippen LogP contribution in [0.2, 0.25) is 0 Å². The number of benzene rings is 2. The minimum atomic E-state index is -3.71. The van der Waals surface area contributed by atoms with Gasteiger partial charge in [0, 0.05) is 12.5 Å². The SMILES string of the molecule is CN(CC(=O)Nc1nc2ccccc2[nH]1)S(=O)(=O)/C=C/c1ccccc1. The van der Waals surface area contributed by atoms with Crippen molar-refractivity contribution >= 4 is 39.0 Å². The van der Waals surface area contributed by atoms with Crippen LogP contribution in [0.5, 0.6) is 0 Å². The summed E-state index contributed by atoms with van der Waals surface area (Å²) in [4.78, 5) is 19.3. The van der Waals surface area contributed by atoms with Crippen molar-refractivity contribution in [1.29, 1.82) is 0 Å². The number of anilines is 1. The van der Waals surface area contributed by atoms with Gasteiger partial charge >= 0.3 is 0 Å². The number of sulfonamides is 1. The maximum Gasteiger partial charge on any atom is 0.242 e. The van der Waals surface area contributed by atoms with Gasteiger partial charge in [0.15, 0.2) is 0 Å². The molecule has 0 spiro atoms. The number of likely N-dealkylation sites (N-methyl/N-ethyl adjacent to an activating group) is 1. The molecule has 2 aromatic carbocycles. The lowest BCUT2D eigenvalue weighted by Gasteiger charge is -2.13. The molecule has 0 saturated carbocycles. The van der Waals surface area contributed by atoms with E-state index in [4.69, 9.17) is 0 Å². The first-order valence-electron chi connectivity index (χ1n) is 7.88. The lowest BCUT2D eigenvalue weighted by atomic mass is 10.2. The van der Waals surface area contributed by atoms with Crippen molar-refractivity contribution in [2.24, 2.45) is 0 Å². The van der Waals surface area contributed by atoms with Gasteiger partial charge in [-0.25, -0.2) is 13.4 Å². The average Bonchev–Trinajstić information content (AvgIpc) is 3.03. The van der Waals surface area contributed by atoms with Crippen molar-refractivity contribution in [1.82, 2.24) is 14.3 Å². The van der Waals surface area contributed by atoms with E-state index in [2.05, 4.69) is 15.3 Å². The van der Waals surface area contributed by atoms with Gasteiger partial charge in [-0.1, -0.05) is 42.5 Å². The molecule has 1 amide bonds. The molecule has 134 valence electrons. The second-order valence-electron chi connectivity index (χ2n) is 5.67. The van der Waals surface area contributed by atoms with E-state index in [1.807, 2.05) is 42.5 Å². The van der Waals surface area contributed by atoms with Crippen LogP contribution >= 0.6 is 0 Å². The van der Waals surface area contributed by atoms with Gasteiger partial charge in [-0.2, -0.15) is 4.31 Å². The van der Waals surface area contributed by atoms with Gasteiger partial charge in [0.25, 0.3) is 0 Å². The molecular formula is C18H18N4O3S. The summed E-state index contributed by atoms with van der Waals surface area (Å²) in [6.45, 7) is -0.321. The first kappa shape index (κ1) is 17.8. The van der Waals surface area contributed by atoms with E-state index < -0.39 is 15.9 Å². The topological polar surface area (TPSA) is 95.2 Å². The van der Waals surface area contributed by atoms with Crippen LogP contribution in [0.25, 0.3) is 17.1 Å². The van der Waals surface area contributed by atoms with E-state index in [1.54, 1.807) is 12.1 Å². The largest absolute Gasteiger partial charge is 0.324 e. The Morgan fingerprint density at radius 2 is 1.85 bits per heavy atom. The summed E-state index contributed by atoms with van der Waals surface area (Å²) in [7, 11) is -2.36. The van der Waals surface area contributed by atoms with Gasteiger partial charge in [0.05, 0.1) is 17.6 Å². The van der Waals surface area contributed by atoms with Crippen molar-refractivity contribution in [2.45, 2.75) is 0 Å². The molecule has 7 nitrogen and oxygen atoms in total. The molecule has 0 unspecified atom stereocenters. The third-order valence-electron chi connectivity index (χ3n) is 3.68. The Hall–Kier alpha value is -2.97. The van der Waals surface area contributed by atoms with Crippen LogP contribution in [-0.4, -0.2) is 42.2 Å². The summed E-state index contributed by atoms with van der Waals surface area (Å²) in [5.41, 5.74) is 2.26. The molecule has 0 saturated heterocycles. The maximum atomic E-state index is 12.3. The van der Waals surface area contributed by atoms with Gasteiger partial charge in [-0.05, 0) is 23.8 Å². The Balaban J connectivity index is 1.63. The quantitative estimate of drug-likeness (QED) is 0.697. The van der Waals surface area contributed by atoms with Gasteiger partial charge in [-0.15, -0.1) is 0 Å². The van der Waals surface area contributed by atoms with Crippen LogP contribution in [0.1, 0.15) is 5.56 Å². The number of amides is 1. The number of nitrogens with one attached hydrogen (secondary N) is 2. The molecule has 0 radical (unpaired) electrons. The Bertz CT molecular complexity index is 1010. The van der Waals surface area contributed by atoms with E-state index >= 15 is 0 Å². The molecule has 0 bridgehead atoms. The highest BCUT2D eigenvalue weighted by molar-refractivity contribution is 7.92. The number of imidazole rings is 1. The van der Waals surface area contributed by atoms with Gasteiger partial charge in [0.1, 0.15) is 0 Å². The number of hydrogen-bond donors (Lipinski definition) is 2. The first-order valence-corrected chi connectivity index (χ1v) is 9.38. The first-order chi connectivity index (χ1) is 12.4. The van der Waals surface area contributed by atoms with Crippen LogP contribution in [0.15, 0.2) is 60.0 Å². The molecule has 26 heavy (non-hydrogen) atoms. The fourth-order valence-electron chi connectivity index (χ4n) is 2.31. The minimum Gasteiger partial charge on any atom is -0.324 e. The zero-order valence-electron chi connectivity index (χ0n) is 14.1. The lowest BCUT2D eigenvalue weighted by Crippen LogP contribution is -2.34. The molecule has 8 heteroatoms. The number of fused-ring (bicyclic) bond motifs is 1. The second-order valence-corrected chi connectivity index (χ2v) is 7.59. The number of aromatic amines is 1. The van der Waals surface area contributed by atoms with E-state index in [1.165, 1.54) is 13.1 Å². The molecule has 0 aliphatic carbocycles. The highest BCUT2D eigenvalue weighted by atomic mass is 32.2. The van der Waals surface area contributed by atoms with Crippen LogP contribution in [0, 0.1) is 0 Å². The Morgan fingerprint density at radius 3 is 2.58 bits per heavy atom. The Morgan fingerprint density at radius 1 is 1.15 bits per heavy atom. The zero-order valence-corrected chi connectivity index (χ0v) is 14.9. The summed E-state index contributed by atoms with van der Waals surface area (Å²) < 4.78 is 25.5. The molecule has 0 aliphatic heterocycles. The molecule has 1 aromatic heterocycles. The molecule has 0 atom stereocenters. The van der Waals surface area contributed by atoms with Crippen LogP contribution < -0.4 is 5.32 Å². The number of para-hydroxylation sites is 2. The van der Waals surface area contributed by atoms with Crippen molar-refractivity contribution in [2.75, 3.05) is 18.9 Å². The predicted molar refractivity (Wildman–Crippen MR) is 102 cm³/mol. The van der Waals surface area contributed by atoms with Crippen LogP contribution in [0.3, 0.4) is 0 Å². The highest BCUT2D eigenvalue weighted by Crippen LogP contribution is 2.13. The van der Waals surface area contributed by atoms with Crippen molar-refractivity contribution in [3.8, 4) is 0 Å². The number of aromatic nitrogens is 2. The molecule has 1 heterocycles. The molecule has 3 rings (SSSR count). The number of nitrogens with zero attached hydrogens (tertiary/aromatic N) is 2. The van der Waals surface area contributed by atoms with Crippen molar-refractivity contribution in [3.05, 3.63) is 65.6 Å². The molecule has 3 aromatic rings. The number of carbonyl (C=O) groups is 1.